The number of methoxy groups -OCH3 is 1. The summed E-state index contributed by atoms with van der Waals surface area (Å²) in [5, 5.41) is 12.6. The number of carbonyl (C=O) groups excluding carboxylic acids is 1. The molecular weight excluding hydrogens is 270 g/mol. The molecule has 116 valence electrons. The quantitative estimate of drug-likeness (QED) is 0.838. The predicted octanol–water partition coefficient (Wildman–Crippen LogP) is 1.74. The van der Waals surface area contributed by atoms with Gasteiger partial charge in [-0.25, -0.2) is 0 Å². The molecule has 5 heteroatoms. The van der Waals surface area contributed by atoms with Gasteiger partial charge in [0.05, 0.1) is 26.2 Å². The summed E-state index contributed by atoms with van der Waals surface area (Å²) >= 11 is 0. The van der Waals surface area contributed by atoms with Gasteiger partial charge in [-0.2, -0.15) is 0 Å². The summed E-state index contributed by atoms with van der Waals surface area (Å²) in [6.45, 7) is 4.24. The van der Waals surface area contributed by atoms with Gasteiger partial charge in [-0.3, -0.25) is 4.79 Å². The van der Waals surface area contributed by atoms with E-state index in [4.69, 9.17) is 9.47 Å². The fraction of sp³-hybridized carbons (Fsp3) is 0.562. The third-order valence-electron chi connectivity index (χ3n) is 4.21. The SMILES string of the molecule is COc1ccc(OCCC(=O)NC2CC(O)C2(C)C)cc1. The van der Waals surface area contributed by atoms with Crippen molar-refractivity contribution in [2.45, 2.75) is 38.8 Å². The van der Waals surface area contributed by atoms with Crippen LogP contribution in [-0.2, 0) is 4.79 Å². The van der Waals surface area contributed by atoms with Crippen LogP contribution in [0.15, 0.2) is 24.3 Å². The fourth-order valence-electron chi connectivity index (χ4n) is 2.35. The lowest BCUT2D eigenvalue weighted by molar-refractivity contribution is -0.129. The van der Waals surface area contributed by atoms with Crippen molar-refractivity contribution in [1.29, 1.82) is 0 Å². The number of hydrogen-bond acceptors (Lipinski definition) is 4. The zero-order valence-corrected chi connectivity index (χ0v) is 12.8. The first-order chi connectivity index (χ1) is 9.93. The molecule has 1 amide bonds. The Kier molecular flexibility index (Phi) is 4.73. The maximum absolute atomic E-state index is 11.8. The number of amides is 1. The molecule has 2 rings (SSSR count). The van der Waals surface area contributed by atoms with E-state index in [0.29, 0.717) is 25.2 Å². The highest BCUT2D eigenvalue weighted by Crippen LogP contribution is 2.40. The normalized spacial score (nSPS) is 23.0. The highest BCUT2D eigenvalue weighted by molar-refractivity contribution is 5.76. The van der Waals surface area contributed by atoms with Gasteiger partial charge >= 0.3 is 0 Å². The molecule has 0 heterocycles. The Morgan fingerprint density at radius 3 is 2.48 bits per heavy atom. The van der Waals surface area contributed by atoms with Crippen molar-refractivity contribution in [3.05, 3.63) is 24.3 Å². The minimum Gasteiger partial charge on any atom is -0.497 e. The van der Waals surface area contributed by atoms with Crippen LogP contribution in [0.5, 0.6) is 11.5 Å². The van der Waals surface area contributed by atoms with E-state index in [9.17, 15) is 9.90 Å². The summed E-state index contributed by atoms with van der Waals surface area (Å²) in [6.07, 6.45) is 0.589. The Bertz CT molecular complexity index is 484. The first kappa shape index (κ1) is 15.6. The van der Waals surface area contributed by atoms with Gasteiger partial charge in [-0.05, 0) is 30.7 Å². The molecule has 1 aromatic rings. The number of hydrogen-bond donors (Lipinski definition) is 2. The Morgan fingerprint density at radius 1 is 1.33 bits per heavy atom. The van der Waals surface area contributed by atoms with E-state index in [2.05, 4.69) is 5.32 Å². The van der Waals surface area contributed by atoms with Gasteiger partial charge in [0, 0.05) is 11.5 Å². The first-order valence-corrected chi connectivity index (χ1v) is 7.17. The average Bonchev–Trinajstić information content (AvgIpc) is 2.47. The number of carbonyl (C=O) groups is 1. The Hall–Kier alpha value is -1.75. The van der Waals surface area contributed by atoms with Crippen LogP contribution in [0.25, 0.3) is 0 Å². The monoisotopic (exact) mass is 293 g/mol. The lowest BCUT2D eigenvalue weighted by atomic mass is 9.64. The predicted molar refractivity (Wildman–Crippen MR) is 79.4 cm³/mol. The Labute approximate surface area is 125 Å². The van der Waals surface area contributed by atoms with Gasteiger partial charge in [0.1, 0.15) is 11.5 Å². The van der Waals surface area contributed by atoms with Crippen molar-refractivity contribution < 1.29 is 19.4 Å². The minimum atomic E-state index is -0.335. The summed E-state index contributed by atoms with van der Waals surface area (Å²) in [4.78, 5) is 11.8. The van der Waals surface area contributed by atoms with Crippen LogP contribution in [0.3, 0.4) is 0 Å². The number of rotatable bonds is 6. The van der Waals surface area contributed by atoms with Crippen molar-refractivity contribution in [2.24, 2.45) is 5.41 Å². The van der Waals surface area contributed by atoms with Gasteiger partial charge in [0.25, 0.3) is 0 Å². The zero-order chi connectivity index (χ0) is 15.5. The molecule has 0 aliphatic heterocycles. The Morgan fingerprint density at radius 2 is 1.95 bits per heavy atom. The van der Waals surface area contributed by atoms with Crippen LogP contribution >= 0.6 is 0 Å². The number of ether oxygens (including phenoxy) is 2. The number of aliphatic hydroxyl groups excluding tert-OH is 1. The topological polar surface area (TPSA) is 67.8 Å². The molecule has 2 atom stereocenters. The van der Waals surface area contributed by atoms with Crippen LogP contribution in [0.2, 0.25) is 0 Å². The summed E-state index contributed by atoms with van der Waals surface area (Å²) < 4.78 is 10.6. The van der Waals surface area contributed by atoms with E-state index in [1.807, 2.05) is 38.1 Å². The maximum atomic E-state index is 11.8. The van der Waals surface area contributed by atoms with Crippen molar-refractivity contribution in [1.82, 2.24) is 5.32 Å². The zero-order valence-electron chi connectivity index (χ0n) is 12.8. The molecule has 2 unspecified atom stereocenters. The van der Waals surface area contributed by atoms with E-state index in [0.717, 1.165) is 5.75 Å². The van der Waals surface area contributed by atoms with Crippen molar-refractivity contribution >= 4 is 5.91 Å². The molecule has 1 saturated carbocycles. The molecule has 1 aliphatic rings. The summed E-state index contributed by atoms with van der Waals surface area (Å²) in [5.74, 6) is 1.43. The second kappa shape index (κ2) is 6.35. The summed E-state index contributed by atoms with van der Waals surface area (Å²) in [7, 11) is 1.61. The number of nitrogens with one attached hydrogen (secondary N) is 1. The molecule has 0 aromatic heterocycles. The highest BCUT2D eigenvalue weighted by Gasteiger charge is 2.47. The molecule has 1 aliphatic carbocycles. The van der Waals surface area contributed by atoms with Crippen LogP contribution in [0.4, 0.5) is 0 Å². The molecule has 5 nitrogen and oxygen atoms in total. The average molecular weight is 293 g/mol. The third-order valence-corrected chi connectivity index (χ3v) is 4.21. The fourth-order valence-corrected chi connectivity index (χ4v) is 2.35. The lowest BCUT2D eigenvalue weighted by Crippen LogP contribution is -2.61. The lowest BCUT2D eigenvalue weighted by Gasteiger charge is -2.49. The minimum absolute atomic E-state index is 0.0426. The van der Waals surface area contributed by atoms with E-state index >= 15 is 0 Å². The third kappa shape index (κ3) is 3.67. The highest BCUT2D eigenvalue weighted by atomic mass is 16.5. The first-order valence-electron chi connectivity index (χ1n) is 7.17. The van der Waals surface area contributed by atoms with E-state index in [1.54, 1.807) is 7.11 Å². The largest absolute Gasteiger partial charge is 0.497 e. The molecule has 0 radical (unpaired) electrons. The van der Waals surface area contributed by atoms with Gasteiger partial charge < -0.3 is 19.9 Å². The molecule has 0 bridgehead atoms. The molecule has 1 aromatic carbocycles. The molecule has 21 heavy (non-hydrogen) atoms. The van der Waals surface area contributed by atoms with Crippen LogP contribution in [-0.4, -0.2) is 36.9 Å². The van der Waals surface area contributed by atoms with Crippen LogP contribution in [0.1, 0.15) is 26.7 Å². The number of benzene rings is 1. The summed E-state index contributed by atoms with van der Waals surface area (Å²) in [5.41, 5.74) is -0.244. The second-order valence-corrected chi connectivity index (χ2v) is 5.97. The second-order valence-electron chi connectivity index (χ2n) is 5.97. The molecule has 0 saturated heterocycles. The standard InChI is InChI=1S/C16H23NO4/c1-16(2)13(10-14(16)18)17-15(19)8-9-21-12-6-4-11(20-3)5-7-12/h4-7,13-14,18H,8-10H2,1-3H3,(H,17,19). The van der Waals surface area contributed by atoms with Crippen molar-refractivity contribution in [2.75, 3.05) is 13.7 Å². The number of aliphatic hydroxyl groups is 1. The van der Waals surface area contributed by atoms with Crippen LogP contribution < -0.4 is 14.8 Å². The van der Waals surface area contributed by atoms with E-state index < -0.39 is 0 Å². The molecule has 2 N–H and O–H groups in total. The van der Waals surface area contributed by atoms with Gasteiger partial charge in [0.15, 0.2) is 0 Å². The van der Waals surface area contributed by atoms with Crippen molar-refractivity contribution in [3.8, 4) is 11.5 Å². The van der Waals surface area contributed by atoms with Crippen LogP contribution in [0, 0.1) is 5.41 Å². The van der Waals surface area contributed by atoms with E-state index in [1.165, 1.54) is 0 Å². The Balaban J connectivity index is 1.70. The summed E-state index contributed by atoms with van der Waals surface area (Å²) in [6, 6.07) is 7.28. The smallest absolute Gasteiger partial charge is 0.223 e. The molecule has 0 spiro atoms. The van der Waals surface area contributed by atoms with Gasteiger partial charge in [0.2, 0.25) is 5.91 Å². The maximum Gasteiger partial charge on any atom is 0.223 e. The molecule has 1 fully saturated rings. The van der Waals surface area contributed by atoms with Gasteiger partial charge in [-0.15, -0.1) is 0 Å². The van der Waals surface area contributed by atoms with E-state index in [-0.39, 0.29) is 23.5 Å². The van der Waals surface area contributed by atoms with Gasteiger partial charge in [-0.1, -0.05) is 13.8 Å². The molecular formula is C16H23NO4. The van der Waals surface area contributed by atoms with Crippen molar-refractivity contribution in [3.63, 3.8) is 0 Å².